The lowest BCUT2D eigenvalue weighted by molar-refractivity contribution is -0.143. The van der Waals surface area contributed by atoms with Crippen molar-refractivity contribution in [3.05, 3.63) is 47.5 Å². The van der Waals surface area contributed by atoms with Crippen LogP contribution in [0.5, 0.6) is 0 Å². The summed E-state index contributed by atoms with van der Waals surface area (Å²) in [6.45, 7) is 1.20. The van der Waals surface area contributed by atoms with E-state index in [2.05, 4.69) is 5.32 Å². The lowest BCUT2D eigenvalue weighted by atomic mass is 10.0. The number of hydrogen-bond donors (Lipinski definition) is 3. The number of carbonyl (C=O) groups is 5. The number of aliphatic carboxylic acids is 1. The number of alkyl halides is 1. The summed E-state index contributed by atoms with van der Waals surface area (Å²) in [6, 6.07) is 5.75. The summed E-state index contributed by atoms with van der Waals surface area (Å²) in [5, 5.41) is 11.7. The van der Waals surface area contributed by atoms with Gasteiger partial charge in [0.15, 0.2) is 0 Å². The Morgan fingerprint density at radius 2 is 1.93 bits per heavy atom. The van der Waals surface area contributed by atoms with E-state index in [0.29, 0.717) is 38.8 Å². The number of nitrogens with two attached hydrogens (primary N) is 1. The fourth-order valence-electron chi connectivity index (χ4n) is 6.01. The van der Waals surface area contributed by atoms with E-state index in [1.165, 1.54) is 10.5 Å². The summed E-state index contributed by atoms with van der Waals surface area (Å²) < 4.78 is 23.1. The maximum absolute atomic E-state index is 13.7. The molecule has 0 aromatic heterocycles. The van der Waals surface area contributed by atoms with Gasteiger partial charge in [-0.1, -0.05) is 49.3 Å². The Balaban J connectivity index is 1.31. The van der Waals surface area contributed by atoms with Crippen LogP contribution in [-0.4, -0.2) is 89.4 Å². The molecule has 3 aliphatic rings. The topological polar surface area (TPSA) is 169 Å². The Kier molecular flexibility index (Phi) is 11.4. The zero-order chi connectivity index (χ0) is 32.6. The smallest absolute Gasteiger partial charge is 0.410 e. The number of carbonyl (C=O) groups excluding carboxylic acids is 4. The van der Waals surface area contributed by atoms with Gasteiger partial charge in [0.1, 0.15) is 31.5 Å². The lowest BCUT2D eigenvalue weighted by Crippen LogP contribution is -2.53. The molecule has 4 rings (SSSR count). The van der Waals surface area contributed by atoms with Crippen LogP contribution in [0.3, 0.4) is 0 Å². The van der Waals surface area contributed by atoms with E-state index in [0.717, 1.165) is 18.4 Å². The minimum absolute atomic E-state index is 0.0323. The summed E-state index contributed by atoms with van der Waals surface area (Å²) in [4.78, 5) is 65.4. The third-order valence-electron chi connectivity index (χ3n) is 8.95. The number of benzene rings is 1. The van der Waals surface area contributed by atoms with Crippen molar-refractivity contribution >= 4 is 30.0 Å². The van der Waals surface area contributed by atoms with Crippen molar-refractivity contribution in [2.45, 2.75) is 83.0 Å². The quantitative estimate of drug-likeness (QED) is 0.208. The van der Waals surface area contributed by atoms with Crippen molar-refractivity contribution in [1.82, 2.24) is 15.1 Å². The molecule has 2 fully saturated rings. The minimum Gasteiger partial charge on any atom is -0.481 e. The Hall–Kier alpha value is -4.16. The van der Waals surface area contributed by atoms with Gasteiger partial charge in [0, 0.05) is 19.5 Å². The molecule has 12 nitrogen and oxygen atoms in total. The fraction of sp³-hybridized carbons (Fsp3) is 0.594. The van der Waals surface area contributed by atoms with Crippen molar-refractivity contribution in [2.24, 2.45) is 17.1 Å². The normalized spacial score (nSPS) is 24.5. The number of primary amides is 1. The highest BCUT2D eigenvalue weighted by Gasteiger charge is 2.54. The number of alkyl carbamates (subject to hydrolysis) is 1. The SMILES string of the molecule is C[C@]1(C(=O)O)C[C@H]1/C=C\CCCCC[C@H](NC(=O)OCCF)C(=O)N1C[C@H](OC(=O)N2CCc3ccccc3C2)C[C@H]1C(N)=O. The number of unbranched alkanes of at least 4 members (excludes halogenated alkanes) is 3. The molecule has 5 atom stereocenters. The number of halogens is 1. The first-order chi connectivity index (χ1) is 21.5. The number of ether oxygens (including phenoxy) is 2. The second-order valence-electron chi connectivity index (χ2n) is 12.2. The van der Waals surface area contributed by atoms with Crippen molar-refractivity contribution < 1.29 is 42.9 Å². The maximum atomic E-state index is 13.7. The molecule has 13 heteroatoms. The van der Waals surface area contributed by atoms with E-state index in [4.69, 9.17) is 15.2 Å². The third kappa shape index (κ3) is 8.73. The maximum Gasteiger partial charge on any atom is 0.410 e. The highest BCUT2D eigenvalue weighted by molar-refractivity contribution is 5.91. The summed E-state index contributed by atoms with van der Waals surface area (Å²) >= 11 is 0. The van der Waals surface area contributed by atoms with Crippen molar-refractivity contribution in [2.75, 3.05) is 26.4 Å². The molecular weight excluding hydrogens is 587 g/mol. The molecule has 246 valence electrons. The van der Waals surface area contributed by atoms with Crippen LogP contribution in [0.2, 0.25) is 0 Å². The van der Waals surface area contributed by atoms with Crippen molar-refractivity contribution in [3.63, 3.8) is 0 Å². The number of nitrogens with zero attached hydrogens (tertiary/aromatic N) is 2. The number of fused-ring (bicyclic) bond motifs is 1. The largest absolute Gasteiger partial charge is 0.481 e. The Labute approximate surface area is 262 Å². The van der Waals surface area contributed by atoms with E-state index in [9.17, 15) is 33.5 Å². The van der Waals surface area contributed by atoms with Gasteiger partial charge in [-0.3, -0.25) is 14.4 Å². The van der Waals surface area contributed by atoms with Crippen molar-refractivity contribution in [3.8, 4) is 0 Å². The Morgan fingerprint density at radius 3 is 2.62 bits per heavy atom. The molecule has 0 radical (unpaired) electrons. The van der Waals surface area contributed by atoms with Gasteiger partial charge in [-0.15, -0.1) is 0 Å². The predicted molar refractivity (Wildman–Crippen MR) is 160 cm³/mol. The van der Waals surface area contributed by atoms with Gasteiger partial charge in [0.25, 0.3) is 0 Å². The molecule has 0 unspecified atom stereocenters. The molecule has 1 saturated heterocycles. The van der Waals surface area contributed by atoms with Crippen molar-refractivity contribution in [1.29, 1.82) is 0 Å². The molecule has 1 aromatic rings. The fourth-order valence-corrected chi connectivity index (χ4v) is 6.01. The van der Waals surface area contributed by atoms with Crippen LogP contribution < -0.4 is 11.1 Å². The summed E-state index contributed by atoms with van der Waals surface area (Å²) in [5.41, 5.74) is 7.16. The van der Waals surface area contributed by atoms with Gasteiger partial charge in [-0.2, -0.15) is 0 Å². The van der Waals surface area contributed by atoms with Crippen LogP contribution in [0, 0.1) is 11.3 Å². The van der Waals surface area contributed by atoms with Crippen LogP contribution in [0.1, 0.15) is 63.0 Å². The van der Waals surface area contributed by atoms with E-state index >= 15 is 0 Å². The van der Waals surface area contributed by atoms with Gasteiger partial charge in [-0.05, 0) is 56.1 Å². The first-order valence-corrected chi connectivity index (χ1v) is 15.5. The molecule has 0 bridgehead atoms. The van der Waals surface area contributed by atoms with Crippen LogP contribution >= 0.6 is 0 Å². The van der Waals surface area contributed by atoms with E-state index in [-0.39, 0.29) is 25.3 Å². The van der Waals surface area contributed by atoms with Crippen LogP contribution in [-0.2, 0) is 36.8 Å². The number of likely N-dealkylation sites (tertiary alicyclic amines) is 1. The van der Waals surface area contributed by atoms with Crippen LogP contribution in [0.4, 0.5) is 14.0 Å². The van der Waals surface area contributed by atoms with E-state index in [1.54, 1.807) is 11.8 Å². The lowest BCUT2D eigenvalue weighted by Gasteiger charge is -2.29. The molecule has 2 heterocycles. The zero-order valence-corrected chi connectivity index (χ0v) is 25.6. The van der Waals surface area contributed by atoms with E-state index in [1.807, 2.05) is 36.4 Å². The first kappa shape index (κ1) is 33.7. The van der Waals surface area contributed by atoms with Crippen LogP contribution in [0.25, 0.3) is 0 Å². The molecule has 0 spiro atoms. The third-order valence-corrected chi connectivity index (χ3v) is 8.95. The zero-order valence-electron chi connectivity index (χ0n) is 25.6. The Morgan fingerprint density at radius 1 is 1.18 bits per heavy atom. The molecule has 45 heavy (non-hydrogen) atoms. The summed E-state index contributed by atoms with van der Waals surface area (Å²) in [5.74, 6) is -2.08. The molecule has 1 saturated carbocycles. The molecular formula is C32H43FN4O8. The molecule has 4 amide bonds. The number of rotatable bonds is 14. The Bertz CT molecular complexity index is 1290. The second-order valence-corrected chi connectivity index (χ2v) is 12.2. The average molecular weight is 631 g/mol. The standard InChI is InChI=1S/C32H43FN4O8/c1-32(29(40)41)18-23(32)11-5-3-2-4-6-12-25(35-30(42)44-16-14-33)28(39)37-20-24(17-26(37)27(34)38)45-31(43)36-15-13-21-9-7-8-10-22(21)19-36/h5,7-11,23-26H,2-4,6,12-20H2,1H3,(H2,34,38)(H,35,42)(H,40,41)/b11-5-/t23-,24-,25+,26+,32+/m1/s1. The number of allylic oxidation sites excluding steroid dienone is 2. The van der Waals surface area contributed by atoms with Gasteiger partial charge in [-0.25, -0.2) is 14.0 Å². The van der Waals surface area contributed by atoms with Gasteiger partial charge in [0.2, 0.25) is 11.8 Å². The molecule has 1 aliphatic carbocycles. The number of amides is 4. The summed E-state index contributed by atoms with van der Waals surface area (Å²) in [6.07, 6.45) is 6.02. The number of hydrogen-bond acceptors (Lipinski definition) is 7. The second kappa shape index (κ2) is 15.2. The van der Waals surface area contributed by atoms with Gasteiger partial charge < -0.3 is 35.4 Å². The summed E-state index contributed by atoms with van der Waals surface area (Å²) in [7, 11) is 0. The predicted octanol–water partition coefficient (Wildman–Crippen LogP) is 3.32. The number of carboxylic acids is 1. The number of carboxylic acid groups (broad SMARTS) is 1. The number of nitrogens with one attached hydrogen (secondary N) is 1. The van der Waals surface area contributed by atoms with Gasteiger partial charge >= 0.3 is 18.2 Å². The highest BCUT2D eigenvalue weighted by Crippen LogP contribution is 2.53. The first-order valence-electron chi connectivity index (χ1n) is 15.5. The van der Waals surface area contributed by atoms with E-state index < -0.39 is 66.9 Å². The monoisotopic (exact) mass is 630 g/mol. The average Bonchev–Trinajstić information content (AvgIpc) is 3.50. The highest BCUT2D eigenvalue weighted by atomic mass is 19.1. The minimum atomic E-state index is -1.06. The molecule has 2 aliphatic heterocycles. The molecule has 4 N–H and O–H groups in total. The van der Waals surface area contributed by atoms with Crippen LogP contribution in [0.15, 0.2) is 36.4 Å². The molecule has 1 aromatic carbocycles. The van der Waals surface area contributed by atoms with Gasteiger partial charge in [0.05, 0.1) is 12.0 Å².